The van der Waals surface area contributed by atoms with Crippen LogP contribution in [0.2, 0.25) is 0 Å². The molecule has 0 atom stereocenters. The van der Waals surface area contributed by atoms with Crippen LogP contribution in [0.3, 0.4) is 0 Å². The van der Waals surface area contributed by atoms with Gasteiger partial charge >= 0.3 is 6.18 Å². The van der Waals surface area contributed by atoms with Gasteiger partial charge in [-0.3, -0.25) is 4.40 Å². The molecule has 0 aliphatic heterocycles. The summed E-state index contributed by atoms with van der Waals surface area (Å²) in [5.41, 5.74) is -1.82. The van der Waals surface area contributed by atoms with Crippen molar-refractivity contribution in [2.75, 3.05) is 11.4 Å². The maximum Gasteiger partial charge on any atom is 0.397 e. The minimum absolute atomic E-state index is 0.0306. The van der Waals surface area contributed by atoms with Crippen molar-refractivity contribution in [1.82, 2.24) is 19.6 Å². The number of allylic oxidation sites excluding steroid dienone is 2. The third kappa shape index (κ3) is 4.84. The number of hydrogen-bond acceptors (Lipinski definition) is 4. The maximum atomic E-state index is 14.7. The number of benzene rings is 2. The fourth-order valence-electron chi connectivity index (χ4n) is 3.85. The van der Waals surface area contributed by atoms with Crippen LogP contribution in [0.1, 0.15) is 26.3 Å². The van der Waals surface area contributed by atoms with Crippen molar-refractivity contribution in [2.24, 2.45) is 5.41 Å². The average molecular weight is 511 g/mol. The van der Waals surface area contributed by atoms with Gasteiger partial charge in [-0.1, -0.05) is 6.08 Å². The summed E-state index contributed by atoms with van der Waals surface area (Å²) >= 11 is 0. The Hall–Kier alpha value is -3.70. The van der Waals surface area contributed by atoms with Crippen molar-refractivity contribution < 1.29 is 30.7 Å². The second-order valence-corrected chi connectivity index (χ2v) is 8.84. The van der Waals surface area contributed by atoms with E-state index >= 15 is 0 Å². The lowest BCUT2D eigenvalue weighted by molar-refractivity contribution is -0.193. The molecule has 0 spiro atoms. The molecule has 0 unspecified atom stereocenters. The lowest BCUT2D eigenvalue weighted by atomic mass is 9.88. The normalized spacial score (nSPS) is 13.2. The van der Waals surface area contributed by atoms with Gasteiger partial charge in [-0.25, -0.2) is 17.6 Å². The summed E-state index contributed by atoms with van der Waals surface area (Å²) < 4.78 is 97.8. The highest BCUT2D eigenvalue weighted by molar-refractivity contribution is 5.93. The zero-order chi connectivity index (χ0) is 26.4. The molecule has 2 heterocycles. The highest BCUT2D eigenvalue weighted by Gasteiger charge is 2.45. The number of rotatable bonds is 6. The van der Waals surface area contributed by atoms with Crippen LogP contribution < -0.4 is 4.90 Å². The smallest absolute Gasteiger partial charge is 0.320 e. The minimum Gasteiger partial charge on any atom is -0.320 e. The van der Waals surface area contributed by atoms with Crippen LogP contribution in [0.15, 0.2) is 48.8 Å². The van der Waals surface area contributed by atoms with Crippen LogP contribution in [0.4, 0.5) is 42.2 Å². The molecule has 5 nitrogen and oxygen atoms in total. The average Bonchev–Trinajstić information content (AvgIpc) is 3.24. The molecule has 2 aromatic carbocycles. The molecule has 0 saturated carbocycles. The highest BCUT2D eigenvalue weighted by Crippen LogP contribution is 2.41. The Morgan fingerprint density at radius 2 is 1.78 bits per heavy atom. The van der Waals surface area contributed by atoms with Crippen LogP contribution in [0.25, 0.3) is 22.3 Å². The largest absolute Gasteiger partial charge is 0.397 e. The van der Waals surface area contributed by atoms with E-state index in [1.807, 2.05) is 0 Å². The van der Waals surface area contributed by atoms with Crippen molar-refractivity contribution >= 4 is 33.8 Å². The van der Waals surface area contributed by atoms with Gasteiger partial charge in [-0.2, -0.15) is 18.2 Å². The van der Waals surface area contributed by atoms with Gasteiger partial charge in [0.1, 0.15) is 23.8 Å². The maximum absolute atomic E-state index is 14.7. The standard InChI is InChI=1S/C24H20F7N5/c1-13(10-23(2,3)24(29,30)31)14-6-16(26)8-17(7-14)35(11-20(27)28)21-18-9-15(25)4-5-19(18)36-12-32-34-22(36)33-21/h4-10,12,20H,11H2,1-3H3/b13-10+. The van der Waals surface area contributed by atoms with E-state index in [-0.39, 0.29) is 33.8 Å². The Morgan fingerprint density at radius 3 is 2.44 bits per heavy atom. The van der Waals surface area contributed by atoms with E-state index in [1.165, 1.54) is 35.9 Å². The molecule has 12 heteroatoms. The van der Waals surface area contributed by atoms with E-state index in [2.05, 4.69) is 15.2 Å². The first-order chi connectivity index (χ1) is 16.8. The molecule has 0 aliphatic carbocycles. The minimum atomic E-state index is -4.56. The second kappa shape index (κ2) is 9.07. The van der Waals surface area contributed by atoms with Crippen molar-refractivity contribution in [3.8, 4) is 0 Å². The van der Waals surface area contributed by atoms with Crippen LogP contribution in [0.5, 0.6) is 0 Å². The molecule has 0 N–H and O–H groups in total. The SMILES string of the molecule is C/C(=C\C(C)(C)C(F)(F)F)c1cc(F)cc(N(CC(F)F)c2nc3nncn3c3ccc(F)cc23)c1. The molecule has 0 aliphatic rings. The number of nitrogens with zero attached hydrogens (tertiary/aromatic N) is 5. The van der Waals surface area contributed by atoms with Gasteiger partial charge in [-0.05, 0) is 68.3 Å². The van der Waals surface area contributed by atoms with E-state index < -0.39 is 36.2 Å². The predicted molar refractivity (Wildman–Crippen MR) is 121 cm³/mol. The monoisotopic (exact) mass is 511 g/mol. The fraction of sp³-hybridized carbons (Fsp3) is 0.292. The highest BCUT2D eigenvalue weighted by atomic mass is 19.4. The van der Waals surface area contributed by atoms with Crippen LogP contribution in [-0.2, 0) is 0 Å². The second-order valence-electron chi connectivity index (χ2n) is 8.84. The van der Waals surface area contributed by atoms with Gasteiger partial charge in [0.25, 0.3) is 12.2 Å². The summed E-state index contributed by atoms with van der Waals surface area (Å²) in [5, 5.41) is 7.71. The number of hydrogen-bond donors (Lipinski definition) is 0. The lowest BCUT2D eigenvalue weighted by Gasteiger charge is -2.27. The van der Waals surface area contributed by atoms with Crippen molar-refractivity contribution in [2.45, 2.75) is 33.4 Å². The Bertz CT molecular complexity index is 1460. The van der Waals surface area contributed by atoms with E-state index in [0.29, 0.717) is 5.52 Å². The summed E-state index contributed by atoms with van der Waals surface area (Å²) in [6, 6.07) is 6.90. The first-order valence-corrected chi connectivity index (χ1v) is 10.7. The molecular weight excluding hydrogens is 491 g/mol. The van der Waals surface area contributed by atoms with Gasteiger partial charge in [0, 0.05) is 11.1 Å². The van der Waals surface area contributed by atoms with Gasteiger partial charge in [0.15, 0.2) is 0 Å². The number of fused-ring (bicyclic) bond motifs is 3. The molecule has 0 amide bonds. The number of halogens is 7. The van der Waals surface area contributed by atoms with Crippen molar-refractivity contribution in [3.05, 3.63) is 66.0 Å². The first kappa shape index (κ1) is 25.4. The zero-order valence-corrected chi connectivity index (χ0v) is 19.3. The number of alkyl halides is 5. The van der Waals surface area contributed by atoms with Crippen LogP contribution in [0, 0.1) is 17.0 Å². The molecule has 0 radical (unpaired) electrons. The van der Waals surface area contributed by atoms with Crippen molar-refractivity contribution in [3.63, 3.8) is 0 Å². The molecular formula is C24H20F7N5. The third-order valence-corrected chi connectivity index (χ3v) is 5.73. The molecule has 2 aromatic heterocycles. The molecule has 0 saturated heterocycles. The van der Waals surface area contributed by atoms with E-state index in [4.69, 9.17) is 0 Å². The Balaban J connectivity index is 1.93. The van der Waals surface area contributed by atoms with Gasteiger partial charge in [0.05, 0.1) is 17.5 Å². The van der Waals surface area contributed by atoms with E-state index in [9.17, 15) is 30.7 Å². The summed E-state index contributed by atoms with van der Waals surface area (Å²) in [5.74, 6) is -1.64. The summed E-state index contributed by atoms with van der Waals surface area (Å²) in [4.78, 5) is 5.24. The Kier molecular flexibility index (Phi) is 6.40. The van der Waals surface area contributed by atoms with E-state index in [0.717, 1.165) is 43.0 Å². The predicted octanol–water partition coefficient (Wildman–Crippen LogP) is 6.95. The van der Waals surface area contributed by atoms with Crippen LogP contribution >= 0.6 is 0 Å². The van der Waals surface area contributed by atoms with Gasteiger partial charge in [0.2, 0.25) is 0 Å². The number of anilines is 2. The molecule has 4 aromatic rings. The molecule has 4 rings (SSSR count). The molecule has 36 heavy (non-hydrogen) atoms. The molecule has 190 valence electrons. The zero-order valence-electron chi connectivity index (χ0n) is 19.3. The van der Waals surface area contributed by atoms with Crippen LogP contribution in [-0.4, -0.2) is 38.7 Å². The fourth-order valence-corrected chi connectivity index (χ4v) is 3.85. The topological polar surface area (TPSA) is 46.3 Å². The third-order valence-electron chi connectivity index (χ3n) is 5.73. The van der Waals surface area contributed by atoms with Gasteiger partial charge in [-0.15, -0.1) is 10.2 Å². The summed E-state index contributed by atoms with van der Waals surface area (Å²) in [6.45, 7) is 2.35. The van der Waals surface area contributed by atoms with Gasteiger partial charge < -0.3 is 4.90 Å². The quantitative estimate of drug-likeness (QED) is 0.263. The Morgan fingerprint density at radius 1 is 1.06 bits per heavy atom. The lowest BCUT2D eigenvalue weighted by Crippen LogP contribution is -2.30. The summed E-state index contributed by atoms with van der Waals surface area (Å²) in [6.07, 6.45) is -5.22. The first-order valence-electron chi connectivity index (χ1n) is 10.7. The molecule has 0 bridgehead atoms. The molecule has 0 fully saturated rings. The van der Waals surface area contributed by atoms with E-state index in [1.54, 1.807) is 0 Å². The summed E-state index contributed by atoms with van der Waals surface area (Å²) in [7, 11) is 0. The number of aromatic nitrogens is 4. The van der Waals surface area contributed by atoms with Crippen molar-refractivity contribution in [1.29, 1.82) is 0 Å². The Labute approximate surface area is 200 Å².